The molecule has 0 amide bonds. The molecular formula is C19H24O2. The van der Waals surface area contributed by atoms with Crippen LogP contribution < -0.4 is 0 Å². The number of unbranched alkanes of at least 4 members (excludes halogenated alkanes) is 2. The van der Waals surface area contributed by atoms with Crippen molar-refractivity contribution in [3.63, 3.8) is 0 Å². The number of carboxylic acid groups (broad SMARTS) is 1. The van der Waals surface area contributed by atoms with Crippen molar-refractivity contribution < 1.29 is 9.90 Å². The van der Waals surface area contributed by atoms with Crippen LogP contribution in [0.2, 0.25) is 0 Å². The van der Waals surface area contributed by atoms with Crippen molar-refractivity contribution in [3.8, 4) is 0 Å². The highest BCUT2D eigenvalue weighted by Gasteiger charge is 2.13. The number of hydrogen-bond donors (Lipinski definition) is 1. The van der Waals surface area contributed by atoms with E-state index in [1.165, 1.54) is 16.5 Å². The Kier molecular flexibility index (Phi) is 5.38. The minimum atomic E-state index is -0.838. The van der Waals surface area contributed by atoms with Crippen LogP contribution in [-0.2, 0) is 12.8 Å². The van der Waals surface area contributed by atoms with Gasteiger partial charge in [0.1, 0.15) is 0 Å². The quantitative estimate of drug-likeness (QED) is 0.756. The summed E-state index contributed by atoms with van der Waals surface area (Å²) in [6, 6.07) is 9.86. The lowest BCUT2D eigenvalue weighted by molar-refractivity contribution is 0.0699. The van der Waals surface area contributed by atoms with Gasteiger partial charge < -0.3 is 5.11 Å². The molecule has 0 aromatic heterocycles. The van der Waals surface area contributed by atoms with Crippen LogP contribution in [0.25, 0.3) is 10.8 Å². The number of rotatable bonds is 7. The molecule has 0 radical (unpaired) electrons. The Labute approximate surface area is 126 Å². The maximum absolute atomic E-state index is 11.5. The number of fused-ring (bicyclic) bond motifs is 1. The van der Waals surface area contributed by atoms with Crippen LogP contribution in [0.15, 0.2) is 30.3 Å². The predicted octanol–water partition coefficient (Wildman–Crippen LogP) is 5.22. The van der Waals surface area contributed by atoms with Crippen LogP contribution in [0.1, 0.15) is 61.0 Å². The van der Waals surface area contributed by atoms with Gasteiger partial charge in [-0.1, -0.05) is 51.0 Å². The van der Waals surface area contributed by atoms with Crippen LogP contribution in [0.3, 0.4) is 0 Å². The van der Waals surface area contributed by atoms with Gasteiger partial charge in [0.2, 0.25) is 0 Å². The normalized spacial score (nSPS) is 11.0. The van der Waals surface area contributed by atoms with Crippen LogP contribution in [0, 0.1) is 0 Å². The van der Waals surface area contributed by atoms with Crippen LogP contribution >= 0.6 is 0 Å². The van der Waals surface area contributed by atoms with Gasteiger partial charge in [-0.3, -0.25) is 0 Å². The molecule has 0 aliphatic heterocycles. The van der Waals surface area contributed by atoms with Gasteiger partial charge in [-0.2, -0.15) is 0 Å². The first-order valence-corrected chi connectivity index (χ1v) is 7.95. The molecule has 2 aromatic carbocycles. The number of aromatic carboxylic acids is 1. The monoisotopic (exact) mass is 284 g/mol. The molecule has 2 aromatic rings. The van der Waals surface area contributed by atoms with Crippen LogP contribution in [-0.4, -0.2) is 11.1 Å². The first-order chi connectivity index (χ1) is 10.2. The van der Waals surface area contributed by atoms with Gasteiger partial charge in [-0.25, -0.2) is 4.79 Å². The van der Waals surface area contributed by atoms with Crippen LogP contribution in [0.5, 0.6) is 0 Å². The van der Waals surface area contributed by atoms with Gasteiger partial charge in [0, 0.05) is 0 Å². The molecule has 1 N–H and O–H groups in total. The molecule has 0 saturated heterocycles. The highest BCUT2D eigenvalue weighted by Crippen LogP contribution is 2.29. The zero-order valence-corrected chi connectivity index (χ0v) is 13.0. The number of aryl methyl sites for hydroxylation is 2. The molecule has 0 fully saturated rings. The van der Waals surface area contributed by atoms with E-state index in [9.17, 15) is 9.90 Å². The summed E-state index contributed by atoms with van der Waals surface area (Å²) in [4.78, 5) is 11.5. The average Bonchev–Trinajstić information content (AvgIpc) is 2.49. The summed E-state index contributed by atoms with van der Waals surface area (Å²) in [6.07, 6.45) is 6.64. The second-order valence-corrected chi connectivity index (χ2v) is 5.62. The molecule has 0 aliphatic carbocycles. The van der Waals surface area contributed by atoms with Crippen molar-refractivity contribution in [2.75, 3.05) is 0 Å². The maximum atomic E-state index is 11.5. The van der Waals surface area contributed by atoms with E-state index in [1.54, 1.807) is 6.07 Å². The minimum Gasteiger partial charge on any atom is -0.478 e. The zero-order valence-electron chi connectivity index (χ0n) is 13.0. The fourth-order valence-electron chi connectivity index (χ4n) is 2.90. The second-order valence-electron chi connectivity index (χ2n) is 5.62. The van der Waals surface area contributed by atoms with Gasteiger partial charge in [0.05, 0.1) is 5.56 Å². The van der Waals surface area contributed by atoms with Gasteiger partial charge in [0.25, 0.3) is 0 Å². The van der Waals surface area contributed by atoms with Crippen molar-refractivity contribution in [2.24, 2.45) is 0 Å². The van der Waals surface area contributed by atoms with Gasteiger partial charge in [-0.05, 0) is 53.6 Å². The molecule has 0 atom stereocenters. The standard InChI is InChI=1S/C19H24O2/c1-3-5-8-14-10-7-11-16-17(19(20)21)13-12-15(18(14)16)9-6-4-2/h7,10-13H,3-6,8-9H2,1-2H3,(H,20,21). The van der Waals surface area contributed by atoms with E-state index in [2.05, 4.69) is 19.9 Å². The smallest absolute Gasteiger partial charge is 0.336 e. The Hall–Kier alpha value is -1.83. The van der Waals surface area contributed by atoms with Crippen molar-refractivity contribution in [1.82, 2.24) is 0 Å². The van der Waals surface area contributed by atoms with E-state index >= 15 is 0 Å². The van der Waals surface area contributed by atoms with E-state index < -0.39 is 5.97 Å². The predicted molar refractivity (Wildman–Crippen MR) is 88.1 cm³/mol. The SMILES string of the molecule is CCCCc1cccc2c(C(=O)O)ccc(CCCC)c12. The van der Waals surface area contributed by atoms with E-state index in [1.807, 2.05) is 18.2 Å². The molecule has 21 heavy (non-hydrogen) atoms. The lowest BCUT2D eigenvalue weighted by Gasteiger charge is -2.13. The fourth-order valence-corrected chi connectivity index (χ4v) is 2.90. The van der Waals surface area contributed by atoms with Crippen LogP contribution in [0.4, 0.5) is 0 Å². The second kappa shape index (κ2) is 7.26. The summed E-state index contributed by atoms with van der Waals surface area (Å²) in [5, 5.41) is 11.5. The molecule has 0 heterocycles. The van der Waals surface area contributed by atoms with Crippen molar-refractivity contribution >= 4 is 16.7 Å². The number of benzene rings is 2. The van der Waals surface area contributed by atoms with Gasteiger partial charge in [0.15, 0.2) is 0 Å². The summed E-state index contributed by atoms with van der Waals surface area (Å²) in [5.41, 5.74) is 3.01. The molecule has 0 spiro atoms. The van der Waals surface area contributed by atoms with Crippen molar-refractivity contribution in [3.05, 3.63) is 47.0 Å². The molecule has 0 saturated carbocycles. The number of carbonyl (C=O) groups is 1. The number of carboxylic acids is 1. The summed E-state index contributed by atoms with van der Waals surface area (Å²) < 4.78 is 0. The minimum absolute atomic E-state index is 0.420. The zero-order chi connectivity index (χ0) is 15.2. The lowest BCUT2D eigenvalue weighted by atomic mass is 9.91. The molecule has 0 unspecified atom stereocenters. The third-order valence-corrected chi connectivity index (χ3v) is 4.04. The fraction of sp³-hybridized carbons (Fsp3) is 0.421. The summed E-state index contributed by atoms with van der Waals surface area (Å²) >= 11 is 0. The highest BCUT2D eigenvalue weighted by atomic mass is 16.4. The molecule has 2 nitrogen and oxygen atoms in total. The Morgan fingerprint density at radius 3 is 2.14 bits per heavy atom. The average molecular weight is 284 g/mol. The summed E-state index contributed by atoms with van der Waals surface area (Å²) in [7, 11) is 0. The molecule has 0 bridgehead atoms. The van der Waals surface area contributed by atoms with E-state index in [0.717, 1.165) is 43.9 Å². The Morgan fingerprint density at radius 1 is 0.952 bits per heavy atom. The molecule has 0 aliphatic rings. The molecule has 2 rings (SSSR count). The number of hydrogen-bond acceptors (Lipinski definition) is 1. The van der Waals surface area contributed by atoms with Crippen molar-refractivity contribution in [1.29, 1.82) is 0 Å². The molecule has 112 valence electrons. The largest absolute Gasteiger partial charge is 0.478 e. The van der Waals surface area contributed by atoms with E-state index in [-0.39, 0.29) is 0 Å². The molecule has 2 heteroatoms. The Bertz CT molecular complexity index is 614. The maximum Gasteiger partial charge on any atom is 0.336 e. The summed E-state index contributed by atoms with van der Waals surface area (Å²) in [6.45, 7) is 4.37. The third kappa shape index (κ3) is 3.44. The first kappa shape index (κ1) is 15.6. The lowest BCUT2D eigenvalue weighted by Crippen LogP contribution is -2.01. The molecular weight excluding hydrogens is 260 g/mol. The van der Waals surface area contributed by atoms with Gasteiger partial charge >= 0.3 is 5.97 Å². The first-order valence-electron chi connectivity index (χ1n) is 7.95. The Morgan fingerprint density at radius 2 is 1.57 bits per heavy atom. The van der Waals surface area contributed by atoms with E-state index in [4.69, 9.17) is 0 Å². The van der Waals surface area contributed by atoms with Crippen molar-refractivity contribution in [2.45, 2.75) is 52.4 Å². The van der Waals surface area contributed by atoms with E-state index in [0.29, 0.717) is 5.56 Å². The highest BCUT2D eigenvalue weighted by molar-refractivity contribution is 6.05. The summed E-state index contributed by atoms with van der Waals surface area (Å²) in [5.74, 6) is -0.838. The topological polar surface area (TPSA) is 37.3 Å². The van der Waals surface area contributed by atoms with Gasteiger partial charge in [-0.15, -0.1) is 0 Å². The third-order valence-electron chi connectivity index (χ3n) is 4.04. The Balaban J connectivity index is 2.61.